The molecule has 2 rings (SSSR count). The van der Waals surface area contributed by atoms with Crippen LogP contribution in [0.4, 0.5) is 0 Å². The van der Waals surface area contributed by atoms with Gasteiger partial charge in [0.1, 0.15) is 0 Å². The zero-order valence-corrected chi connectivity index (χ0v) is 6.21. The Bertz CT molecular complexity index is 183. The van der Waals surface area contributed by atoms with Crippen molar-refractivity contribution in [2.75, 3.05) is 13.2 Å². The lowest BCUT2D eigenvalue weighted by Crippen LogP contribution is -1.94. The smallest absolute Gasteiger partial charge is 0.283 e. The van der Waals surface area contributed by atoms with E-state index in [1.807, 2.05) is 12.2 Å². The molecule has 0 aromatic heterocycles. The molecular weight excluding hydrogens is 144 g/mol. The second-order valence-corrected chi connectivity index (χ2v) is 2.42. The molecule has 60 valence electrons. The van der Waals surface area contributed by atoms with Gasteiger partial charge in [-0.15, -0.1) is 0 Å². The summed E-state index contributed by atoms with van der Waals surface area (Å²) in [6.45, 7) is 1.45. The van der Waals surface area contributed by atoms with Crippen LogP contribution in [0.25, 0.3) is 0 Å². The van der Waals surface area contributed by atoms with Crippen LogP contribution in [0.15, 0.2) is 24.0 Å². The fourth-order valence-corrected chi connectivity index (χ4v) is 1.03. The third kappa shape index (κ3) is 1.48. The van der Waals surface area contributed by atoms with Gasteiger partial charge in [0, 0.05) is 25.0 Å². The molecule has 0 atom stereocenters. The van der Waals surface area contributed by atoms with Crippen molar-refractivity contribution < 1.29 is 14.2 Å². The topological polar surface area (TPSA) is 27.7 Å². The molecule has 0 aromatic carbocycles. The molecule has 2 aliphatic rings. The van der Waals surface area contributed by atoms with Crippen molar-refractivity contribution in [3.63, 3.8) is 0 Å². The Kier molecular flexibility index (Phi) is 1.71. The third-order valence-corrected chi connectivity index (χ3v) is 1.55. The van der Waals surface area contributed by atoms with E-state index >= 15 is 0 Å². The Morgan fingerprint density at radius 3 is 1.91 bits per heavy atom. The van der Waals surface area contributed by atoms with Crippen molar-refractivity contribution >= 4 is 0 Å². The maximum Gasteiger partial charge on any atom is 0.283 e. The molecule has 0 amide bonds. The second-order valence-electron chi connectivity index (χ2n) is 2.42. The van der Waals surface area contributed by atoms with Gasteiger partial charge in [-0.05, 0) is 0 Å². The van der Waals surface area contributed by atoms with Crippen LogP contribution in [0.1, 0.15) is 12.8 Å². The fourth-order valence-electron chi connectivity index (χ4n) is 1.03. The van der Waals surface area contributed by atoms with E-state index < -0.39 is 0 Å². The van der Waals surface area contributed by atoms with Crippen LogP contribution in [0.5, 0.6) is 0 Å². The van der Waals surface area contributed by atoms with E-state index in [0.29, 0.717) is 11.9 Å². The second kappa shape index (κ2) is 2.86. The Morgan fingerprint density at radius 1 is 1.00 bits per heavy atom. The highest BCUT2D eigenvalue weighted by atomic mass is 16.7. The minimum Gasteiger partial charge on any atom is -0.465 e. The molecule has 0 saturated heterocycles. The van der Waals surface area contributed by atoms with E-state index in [1.165, 1.54) is 0 Å². The molecular formula is C8H10O3. The van der Waals surface area contributed by atoms with E-state index in [9.17, 15) is 0 Å². The lowest BCUT2D eigenvalue weighted by molar-refractivity contribution is 0.0173. The van der Waals surface area contributed by atoms with Crippen LogP contribution in [-0.2, 0) is 14.2 Å². The van der Waals surface area contributed by atoms with E-state index in [0.717, 1.165) is 26.1 Å². The molecule has 3 heteroatoms. The first-order valence-electron chi connectivity index (χ1n) is 3.79. The first-order chi connectivity index (χ1) is 5.45. The summed E-state index contributed by atoms with van der Waals surface area (Å²) in [6, 6.07) is 0. The van der Waals surface area contributed by atoms with Crippen molar-refractivity contribution in [1.82, 2.24) is 0 Å². The maximum absolute atomic E-state index is 5.25. The zero-order valence-electron chi connectivity index (χ0n) is 6.21. The molecule has 0 fully saturated rings. The lowest BCUT2D eigenvalue weighted by atomic mass is 10.5. The van der Waals surface area contributed by atoms with Crippen molar-refractivity contribution in [3.8, 4) is 0 Å². The molecule has 0 aromatic rings. The van der Waals surface area contributed by atoms with Crippen molar-refractivity contribution in [2.45, 2.75) is 12.8 Å². The molecule has 0 N–H and O–H groups in total. The molecule has 3 nitrogen and oxygen atoms in total. The zero-order chi connectivity index (χ0) is 7.52. The maximum atomic E-state index is 5.25. The van der Waals surface area contributed by atoms with Crippen LogP contribution in [0.3, 0.4) is 0 Å². The largest absolute Gasteiger partial charge is 0.465 e. The Balaban J connectivity index is 1.89. The summed E-state index contributed by atoms with van der Waals surface area (Å²) in [5.74, 6) is 1.16. The molecule has 0 bridgehead atoms. The minimum atomic E-state index is 0.582. The van der Waals surface area contributed by atoms with Crippen LogP contribution in [0.2, 0.25) is 0 Å². The van der Waals surface area contributed by atoms with E-state index in [2.05, 4.69) is 0 Å². The predicted molar refractivity (Wildman–Crippen MR) is 38.4 cm³/mol. The summed E-state index contributed by atoms with van der Waals surface area (Å²) in [5, 5.41) is 0. The van der Waals surface area contributed by atoms with Crippen LogP contribution < -0.4 is 0 Å². The van der Waals surface area contributed by atoms with Crippen molar-refractivity contribution in [3.05, 3.63) is 24.0 Å². The number of hydrogen-bond donors (Lipinski definition) is 0. The molecule has 0 spiro atoms. The molecule has 2 aliphatic heterocycles. The minimum absolute atomic E-state index is 0.582. The Labute approximate surface area is 65.2 Å². The number of ether oxygens (including phenoxy) is 3. The monoisotopic (exact) mass is 154 g/mol. The van der Waals surface area contributed by atoms with E-state index in [1.54, 1.807) is 0 Å². The number of rotatable bonds is 2. The standard InChI is InChI=1S/C8H10O3/c1-3-7(9-5-1)11-8-4-2-6-10-8/h3-4H,1-2,5-6H2. The predicted octanol–water partition coefficient (Wildman–Crippen LogP) is 1.53. The van der Waals surface area contributed by atoms with Gasteiger partial charge >= 0.3 is 0 Å². The summed E-state index contributed by atoms with van der Waals surface area (Å²) in [6.07, 6.45) is 5.70. The lowest BCUT2D eigenvalue weighted by Gasteiger charge is -2.06. The van der Waals surface area contributed by atoms with E-state index in [4.69, 9.17) is 14.2 Å². The third-order valence-electron chi connectivity index (χ3n) is 1.55. The molecule has 0 unspecified atom stereocenters. The van der Waals surface area contributed by atoms with Gasteiger partial charge in [-0.2, -0.15) is 0 Å². The summed E-state index contributed by atoms with van der Waals surface area (Å²) in [5.41, 5.74) is 0. The Morgan fingerprint density at radius 2 is 1.55 bits per heavy atom. The molecule has 0 aliphatic carbocycles. The van der Waals surface area contributed by atoms with Gasteiger partial charge < -0.3 is 14.2 Å². The first kappa shape index (κ1) is 6.58. The highest BCUT2D eigenvalue weighted by Crippen LogP contribution is 2.18. The van der Waals surface area contributed by atoms with Gasteiger partial charge in [-0.25, -0.2) is 0 Å². The summed E-state index contributed by atoms with van der Waals surface area (Å²) in [4.78, 5) is 0. The fraction of sp³-hybridized carbons (Fsp3) is 0.500. The summed E-state index contributed by atoms with van der Waals surface area (Å²) >= 11 is 0. The first-order valence-corrected chi connectivity index (χ1v) is 3.79. The molecule has 0 saturated carbocycles. The average Bonchev–Trinajstić information content (AvgIpc) is 2.60. The van der Waals surface area contributed by atoms with Gasteiger partial charge in [-0.3, -0.25) is 0 Å². The normalized spacial score (nSPS) is 21.8. The highest BCUT2D eigenvalue weighted by Gasteiger charge is 2.12. The van der Waals surface area contributed by atoms with E-state index in [-0.39, 0.29) is 0 Å². The SMILES string of the molecule is C1=C(OC2=CCCO2)OCC1. The van der Waals surface area contributed by atoms with Crippen LogP contribution in [0, 0.1) is 0 Å². The number of hydrogen-bond acceptors (Lipinski definition) is 3. The highest BCUT2D eigenvalue weighted by molar-refractivity contribution is 4.97. The van der Waals surface area contributed by atoms with Gasteiger partial charge in [0.05, 0.1) is 13.2 Å². The molecule has 0 radical (unpaired) electrons. The average molecular weight is 154 g/mol. The van der Waals surface area contributed by atoms with Crippen molar-refractivity contribution in [1.29, 1.82) is 0 Å². The molecule has 2 heterocycles. The summed E-state index contributed by atoms with van der Waals surface area (Å²) < 4.78 is 15.5. The quantitative estimate of drug-likeness (QED) is 0.603. The van der Waals surface area contributed by atoms with Crippen LogP contribution >= 0.6 is 0 Å². The van der Waals surface area contributed by atoms with Gasteiger partial charge in [0.25, 0.3) is 11.9 Å². The Hall–Kier alpha value is -1.12. The summed E-state index contributed by atoms with van der Waals surface area (Å²) in [7, 11) is 0. The molecule has 11 heavy (non-hydrogen) atoms. The van der Waals surface area contributed by atoms with Gasteiger partial charge in [-0.1, -0.05) is 0 Å². The van der Waals surface area contributed by atoms with Gasteiger partial charge in [0.2, 0.25) is 0 Å². The van der Waals surface area contributed by atoms with Gasteiger partial charge in [0.15, 0.2) is 0 Å². The van der Waals surface area contributed by atoms with Crippen molar-refractivity contribution in [2.24, 2.45) is 0 Å². The van der Waals surface area contributed by atoms with Crippen LogP contribution in [-0.4, -0.2) is 13.2 Å².